The van der Waals surface area contributed by atoms with Crippen molar-refractivity contribution in [2.24, 2.45) is 0 Å². The molecule has 0 bridgehead atoms. The summed E-state index contributed by atoms with van der Waals surface area (Å²) < 4.78 is 5.86. The molecule has 0 heterocycles. The monoisotopic (exact) mass is 408 g/mol. The van der Waals surface area contributed by atoms with Crippen LogP contribution in [0.3, 0.4) is 0 Å². The molecule has 0 spiro atoms. The SMILES string of the molecule is CCCCCCCCCCCCCCCCCc1ccc(Oc2ccccc2)cc1. The van der Waals surface area contributed by atoms with E-state index in [0.29, 0.717) is 0 Å². The van der Waals surface area contributed by atoms with Gasteiger partial charge in [-0.1, -0.05) is 127 Å². The van der Waals surface area contributed by atoms with Crippen molar-refractivity contribution >= 4 is 0 Å². The van der Waals surface area contributed by atoms with E-state index in [1.54, 1.807) is 0 Å². The minimum atomic E-state index is 0.896. The molecule has 0 N–H and O–H groups in total. The minimum absolute atomic E-state index is 0.896. The molecule has 0 atom stereocenters. The van der Waals surface area contributed by atoms with Gasteiger partial charge in [0.25, 0.3) is 0 Å². The van der Waals surface area contributed by atoms with Crippen LogP contribution in [0.2, 0.25) is 0 Å². The second kappa shape index (κ2) is 17.0. The highest BCUT2D eigenvalue weighted by Crippen LogP contribution is 2.22. The third kappa shape index (κ3) is 12.1. The van der Waals surface area contributed by atoms with Crippen molar-refractivity contribution < 1.29 is 4.74 Å². The molecule has 30 heavy (non-hydrogen) atoms. The lowest BCUT2D eigenvalue weighted by Crippen LogP contribution is -1.88. The fourth-order valence-electron chi connectivity index (χ4n) is 4.05. The molecule has 0 fully saturated rings. The van der Waals surface area contributed by atoms with Gasteiger partial charge in [-0.3, -0.25) is 0 Å². The zero-order valence-electron chi connectivity index (χ0n) is 19.4. The molecule has 0 saturated carbocycles. The number of hydrogen-bond donors (Lipinski definition) is 0. The Morgan fingerprint density at radius 3 is 1.40 bits per heavy atom. The number of unbranched alkanes of at least 4 members (excludes halogenated alkanes) is 14. The summed E-state index contributed by atoms with van der Waals surface area (Å²) in [5.41, 5.74) is 1.42. The topological polar surface area (TPSA) is 9.23 Å². The summed E-state index contributed by atoms with van der Waals surface area (Å²) in [5, 5.41) is 0. The Balaban J connectivity index is 1.38. The van der Waals surface area contributed by atoms with Gasteiger partial charge in [-0.2, -0.15) is 0 Å². The standard InChI is InChI=1S/C29H44O/c1-2-3-4-5-6-7-8-9-10-11-12-13-14-15-17-20-27-23-25-29(26-24-27)30-28-21-18-16-19-22-28/h16,18-19,21-26H,2-15,17,20H2,1H3. The maximum atomic E-state index is 5.86. The molecule has 0 aliphatic carbocycles. The van der Waals surface area contributed by atoms with Crippen LogP contribution >= 0.6 is 0 Å². The van der Waals surface area contributed by atoms with E-state index < -0.39 is 0 Å². The lowest BCUT2D eigenvalue weighted by Gasteiger charge is -2.07. The van der Waals surface area contributed by atoms with Crippen LogP contribution in [-0.4, -0.2) is 0 Å². The average Bonchev–Trinajstić information content (AvgIpc) is 2.78. The molecule has 0 aromatic heterocycles. The Morgan fingerprint density at radius 1 is 0.467 bits per heavy atom. The first-order chi connectivity index (χ1) is 14.9. The maximum absolute atomic E-state index is 5.86. The highest BCUT2D eigenvalue weighted by Gasteiger charge is 1.99. The molecule has 0 radical (unpaired) electrons. The van der Waals surface area contributed by atoms with Crippen LogP contribution in [0.5, 0.6) is 11.5 Å². The first-order valence-corrected chi connectivity index (χ1v) is 12.7. The molecule has 166 valence electrons. The molecule has 0 saturated heterocycles. The predicted molar refractivity (Wildman–Crippen MR) is 132 cm³/mol. The second-order valence-electron chi connectivity index (χ2n) is 8.76. The van der Waals surface area contributed by atoms with Crippen LogP contribution < -0.4 is 4.74 Å². The van der Waals surface area contributed by atoms with E-state index in [1.807, 2.05) is 30.3 Å². The van der Waals surface area contributed by atoms with Crippen LogP contribution in [0.15, 0.2) is 54.6 Å². The van der Waals surface area contributed by atoms with Gasteiger partial charge in [0.05, 0.1) is 0 Å². The van der Waals surface area contributed by atoms with Gasteiger partial charge in [0.1, 0.15) is 11.5 Å². The molecule has 2 rings (SSSR count). The lowest BCUT2D eigenvalue weighted by molar-refractivity contribution is 0.482. The van der Waals surface area contributed by atoms with E-state index in [4.69, 9.17) is 4.74 Å². The Morgan fingerprint density at radius 2 is 0.900 bits per heavy atom. The van der Waals surface area contributed by atoms with E-state index in [-0.39, 0.29) is 0 Å². The molecule has 2 aromatic carbocycles. The van der Waals surface area contributed by atoms with Crippen LogP contribution in [0.4, 0.5) is 0 Å². The largest absolute Gasteiger partial charge is 0.457 e. The number of para-hydroxylation sites is 1. The summed E-state index contributed by atoms with van der Waals surface area (Å²) in [4.78, 5) is 0. The first kappa shape index (κ1) is 24.5. The second-order valence-corrected chi connectivity index (χ2v) is 8.76. The zero-order valence-corrected chi connectivity index (χ0v) is 19.4. The summed E-state index contributed by atoms with van der Waals surface area (Å²) in [7, 11) is 0. The van der Waals surface area contributed by atoms with Gasteiger partial charge in [0.2, 0.25) is 0 Å². The quantitative estimate of drug-likeness (QED) is 0.223. The summed E-state index contributed by atoms with van der Waals surface area (Å²) in [6.07, 6.45) is 22.5. The summed E-state index contributed by atoms with van der Waals surface area (Å²) >= 11 is 0. The fourth-order valence-corrected chi connectivity index (χ4v) is 4.05. The van der Waals surface area contributed by atoms with E-state index in [9.17, 15) is 0 Å². The van der Waals surface area contributed by atoms with Crippen molar-refractivity contribution in [1.29, 1.82) is 0 Å². The number of rotatable bonds is 18. The smallest absolute Gasteiger partial charge is 0.127 e. The maximum Gasteiger partial charge on any atom is 0.127 e. The average molecular weight is 409 g/mol. The number of hydrogen-bond acceptors (Lipinski definition) is 1. The van der Waals surface area contributed by atoms with Crippen molar-refractivity contribution in [3.05, 3.63) is 60.2 Å². The summed E-state index contributed by atoms with van der Waals surface area (Å²) in [5.74, 6) is 1.81. The zero-order chi connectivity index (χ0) is 21.1. The Hall–Kier alpha value is -1.76. The predicted octanol–water partition coefficient (Wildman–Crippen LogP) is 9.89. The molecule has 1 nitrogen and oxygen atoms in total. The van der Waals surface area contributed by atoms with Gasteiger partial charge < -0.3 is 4.74 Å². The third-order valence-corrected chi connectivity index (χ3v) is 5.97. The van der Waals surface area contributed by atoms with Gasteiger partial charge in [-0.05, 0) is 42.7 Å². The Bertz CT molecular complexity index is 617. The van der Waals surface area contributed by atoms with E-state index in [0.717, 1.165) is 11.5 Å². The van der Waals surface area contributed by atoms with Gasteiger partial charge in [-0.15, -0.1) is 0 Å². The van der Waals surface area contributed by atoms with E-state index >= 15 is 0 Å². The van der Waals surface area contributed by atoms with Crippen LogP contribution in [0, 0.1) is 0 Å². The van der Waals surface area contributed by atoms with Crippen LogP contribution in [-0.2, 0) is 6.42 Å². The summed E-state index contributed by atoms with van der Waals surface area (Å²) in [6.45, 7) is 2.29. The van der Waals surface area contributed by atoms with E-state index in [2.05, 4.69) is 31.2 Å². The van der Waals surface area contributed by atoms with Crippen molar-refractivity contribution in [1.82, 2.24) is 0 Å². The van der Waals surface area contributed by atoms with Crippen molar-refractivity contribution in [2.75, 3.05) is 0 Å². The number of benzene rings is 2. The Labute approximate surface area is 186 Å². The van der Waals surface area contributed by atoms with Gasteiger partial charge in [0, 0.05) is 0 Å². The van der Waals surface area contributed by atoms with Crippen LogP contribution in [0.1, 0.15) is 109 Å². The first-order valence-electron chi connectivity index (χ1n) is 12.7. The van der Waals surface area contributed by atoms with E-state index in [1.165, 1.54) is 108 Å². The van der Waals surface area contributed by atoms with Gasteiger partial charge in [-0.25, -0.2) is 0 Å². The highest BCUT2D eigenvalue weighted by molar-refractivity contribution is 5.32. The Kier molecular flexibility index (Phi) is 13.9. The van der Waals surface area contributed by atoms with Crippen LogP contribution in [0.25, 0.3) is 0 Å². The van der Waals surface area contributed by atoms with Gasteiger partial charge in [0.15, 0.2) is 0 Å². The summed E-state index contributed by atoms with van der Waals surface area (Å²) in [6, 6.07) is 18.6. The molecule has 1 heteroatoms. The molecular formula is C29H44O. The number of aryl methyl sites for hydroxylation is 1. The van der Waals surface area contributed by atoms with Crippen molar-refractivity contribution in [2.45, 2.75) is 110 Å². The molecule has 0 aliphatic heterocycles. The highest BCUT2D eigenvalue weighted by atomic mass is 16.5. The number of ether oxygens (including phenoxy) is 1. The van der Waals surface area contributed by atoms with Crippen molar-refractivity contribution in [3.63, 3.8) is 0 Å². The van der Waals surface area contributed by atoms with Gasteiger partial charge >= 0.3 is 0 Å². The molecule has 2 aromatic rings. The normalized spacial score (nSPS) is 11.0. The fraction of sp³-hybridized carbons (Fsp3) is 0.586. The molecule has 0 unspecified atom stereocenters. The molecule has 0 amide bonds. The minimum Gasteiger partial charge on any atom is -0.457 e. The third-order valence-electron chi connectivity index (χ3n) is 5.97. The van der Waals surface area contributed by atoms with Crippen molar-refractivity contribution in [3.8, 4) is 11.5 Å². The molecule has 0 aliphatic rings. The molecular weight excluding hydrogens is 364 g/mol. The lowest BCUT2D eigenvalue weighted by atomic mass is 10.0.